The van der Waals surface area contributed by atoms with E-state index < -0.39 is 11.7 Å². The second kappa shape index (κ2) is 9.82. The van der Waals surface area contributed by atoms with Gasteiger partial charge in [-0.1, -0.05) is 49.4 Å². The molecular formula is C21H25FN2O2. The van der Waals surface area contributed by atoms with Crippen molar-refractivity contribution in [3.63, 3.8) is 0 Å². The van der Waals surface area contributed by atoms with Gasteiger partial charge in [-0.3, -0.25) is 9.59 Å². The molecule has 0 radical (unpaired) electrons. The number of rotatable bonds is 9. The highest BCUT2D eigenvalue weighted by atomic mass is 19.1. The van der Waals surface area contributed by atoms with Crippen LogP contribution in [0.4, 0.5) is 4.39 Å². The van der Waals surface area contributed by atoms with Crippen molar-refractivity contribution in [1.82, 2.24) is 4.90 Å². The first kappa shape index (κ1) is 19.8. The molecular weight excluding hydrogens is 331 g/mol. The Bertz CT molecular complexity index is 734. The van der Waals surface area contributed by atoms with Crippen molar-refractivity contribution < 1.29 is 14.0 Å². The Morgan fingerprint density at radius 3 is 2.46 bits per heavy atom. The summed E-state index contributed by atoms with van der Waals surface area (Å²) >= 11 is 0. The first-order valence-corrected chi connectivity index (χ1v) is 8.82. The lowest BCUT2D eigenvalue weighted by atomic mass is 9.95. The van der Waals surface area contributed by atoms with Gasteiger partial charge in [0, 0.05) is 37.5 Å². The predicted molar refractivity (Wildman–Crippen MR) is 100 cm³/mol. The van der Waals surface area contributed by atoms with E-state index in [0.717, 1.165) is 12.0 Å². The predicted octanol–water partition coefficient (Wildman–Crippen LogP) is 3.06. The molecule has 5 heteroatoms. The third kappa shape index (κ3) is 5.77. The Morgan fingerprint density at radius 1 is 1.08 bits per heavy atom. The second-order valence-electron chi connectivity index (χ2n) is 6.38. The van der Waals surface area contributed by atoms with E-state index in [9.17, 15) is 14.0 Å². The van der Waals surface area contributed by atoms with Crippen molar-refractivity contribution in [3.8, 4) is 0 Å². The number of Topliss-reactive ketones (excluding diaryl/α,β-unsaturated/α-hetero) is 1. The van der Waals surface area contributed by atoms with E-state index >= 15 is 0 Å². The van der Waals surface area contributed by atoms with E-state index in [1.54, 1.807) is 17.9 Å². The van der Waals surface area contributed by atoms with E-state index in [2.05, 4.69) is 0 Å². The number of carbonyl (C=O) groups excluding carboxylic acids is 2. The summed E-state index contributed by atoms with van der Waals surface area (Å²) in [7, 11) is 0. The number of hydrogen-bond acceptors (Lipinski definition) is 3. The number of halogens is 1. The standard InChI is InChI=1S/C21H25FN2O2/c1-16(21(26)18-8-5-9-19(22)15-18)14-20(25)24(13-11-23)12-10-17-6-3-2-4-7-17/h2-9,15-16H,10-14,23H2,1H3. The number of nitrogens with two attached hydrogens (primary N) is 1. The average molecular weight is 356 g/mol. The molecule has 0 bridgehead atoms. The number of benzene rings is 2. The van der Waals surface area contributed by atoms with Crippen LogP contribution in [-0.4, -0.2) is 36.2 Å². The summed E-state index contributed by atoms with van der Waals surface area (Å²) in [6.45, 7) is 3.07. The highest BCUT2D eigenvalue weighted by molar-refractivity contribution is 5.99. The minimum atomic E-state index is -0.513. The highest BCUT2D eigenvalue weighted by Gasteiger charge is 2.22. The van der Waals surface area contributed by atoms with Crippen LogP contribution in [0, 0.1) is 11.7 Å². The summed E-state index contributed by atoms with van der Waals surface area (Å²) < 4.78 is 13.3. The van der Waals surface area contributed by atoms with Gasteiger partial charge in [-0.15, -0.1) is 0 Å². The van der Waals surface area contributed by atoms with Gasteiger partial charge < -0.3 is 10.6 Å². The summed E-state index contributed by atoms with van der Waals surface area (Å²) in [5.41, 5.74) is 7.07. The van der Waals surface area contributed by atoms with Gasteiger partial charge in [0.05, 0.1) is 0 Å². The summed E-state index contributed by atoms with van der Waals surface area (Å²) in [6, 6.07) is 15.5. The fourth-order valence-electron chi connectivity index (χ4n) is 2.84. The number of hydrogen-bond donors (Lipinski definition) is 1. The molecule has 2 aromatic rings. The molecule has 0 aliphatic rings. The van der Waals surface area contributed by atoms with Crippen LogP contribution < -0.4 is 5.73 Å². The van der Waals surface area contributed by atoms with Crippen molar-refractivity contribution in [2.45, 2.75) is 19.8 Å². The van der Waals surface area contributed by atoms with Crippen LogP contribution in [0.3, 0.4) is 0 Å². The van der Waals surface area contributed by atoms with Crippen molar-refractivity contribution in [2.24, 2.45) is 11.7 Å². The molecule has 26 heavy (non-hydrogen) atoms. The lowest BCUT2D eigenvalue weighted by molar-refractivity contribution is -0.131. The molecule has 0 aliphatic heterocycles. The van der Waals surface area contributed by atoms with Gasteiger partial charge >= 0.3 is 0 Å². The third-order valence-corrected chi connectivity index (χ3v) is 4.30. The first-order valence-electron chi connectivity index (χ1n) is 8.82. The smallest absolute Gasteiger partial charge is 0.223 e. The lowest BCUT2D eigenvalue weighted by Crippen LogP contribution is -2.38. The van der Waals surface area contributed by atoms with Gasteiger partial charge in [0.15, 0.2) is 5.78 Å². The van der Waals surface area contributed by atoms with Crippen LogP contribution in [0.1, 0.15) is 29.3 Å². The Hall–Kier alpha value is -2.53. The summed E-state index contributed by atoms with van der Waals surface area (Å²) in [5, 5.41) is 0. The summed E-state index contributed by atoms with van der Waals surface area (Å²) in [4.78, 5) is 26.7. The number of ketones is 1. The van der Waals surface area contributed by atoms with Crippen molar-refractivity contribution in [1.29, 1.82) is 0 Å². The quantitative estimate of drug-likeness (QED) is 0.703. The van der Waals surface area contributed by atoms with Crippen LogP contribution in [-0.2, 0) is 11.2 Å². The van der Waals surface area contributed by atoms with Crippen molar-refractivity contribution >= 4 is 11.7 Å². The topological polar surface area (TPSA) is 63.4 Å². The van der Waals surface area contributed by atoms with E-state index in [-0.39, 0.29) is 18.1 Å². The molecule has 2 rings (SSSR count). The minimum Gasteiger partial charge on any atom is -0.341 e. The maximum absolute atomic E-state index is 13.3. The summed E-state index contributed by atoms with van der Waals surface area (Å²) in [5.74, 6) is -1.31. The van der Waals surface area contributed by atoms with Crippen molar-refractivity contribution in [3.05, 3.63) is 71.5 Å². The van der Waals surface area contributed by atoms with Gasteiger partial charge in [-0.2, -0.15) is 0 Å². The Labute approximate surface area is 153 Å². The molecule has 0 heterocycles. The SMILES string of the molecule is CC(CC(=O)N(CCN)CCc1ccccc1)C(=O)c1cccc(F)c1. The number of nitrogens with zero attached hydrogens (tertiary/aromatic N) is 1. The van der Waals surface area contributed by atoms with Crippen molar-refractivity contribution in [2.75, 3.05) is 19.6 Å². The second-order valence-corrected chi connectivity index (χ2v) is 6.38. The summed E-state index contributed by atoms with van der Waals surface area (Å²) in [6.07, 6.45) is 0.822. The molecule has 0 spiro atoms. The maximum atomic E-state index is 13.3. The first-order chi connectivity index (χ1) is 12.5. The van der Waals surface area contributed by atoms with E-state index in [1.165, 1.54) is 18.2 Å². The average Bonchev–Trinajstić information content (AvgIpc) is 2.65. The van der Waals surface area contributed by atoms with Crippen LogP contribution in [0.5, 0.6) is 0 Å². The largest absolute Gasteiger partial charge is 0.341 e. The third-order valence-electron chi connectivity index (χ3n) is 4.30. The lowest BCUT2D eigenvalue weighted by Gasteiger charge is -2.23. The van der Waals surface area contributed by atoms with Gasteiger partial charge in [0.2, 0.25) is 5.91 Å². The Kier molecular flexibility index (Phi) is 7.48. The van der Waals surface area contributed by atoms with Crippen LogP contribution in [0.15, 0.2) is 54.6 Å². The maximum Gasteiger partial charge on any atom is 0.223 e. The van der Waals surface area contributed by atoms with E-state index in [4.69, 9.17) is 5.73 Å². The van der Waals surface area contributed by atoms with Gasteiger partial charge in [0.1, 0.15) is 5.82 Å². The van der Waals surface area contributed by atoms with Crippen LogP contribution in [0.2, 0.25) is 0 Å². The van der Waals surface area contributed by atoms with Crippen LogP contribution in [0.25, 0.3) is 0 Å². The molecule has 0 saturated carbocycles. The highest BCUT2D eigenvalue weighted by Crippen LogP contribution is 2.15. The fourth-order valence-corrected chi connectivity index (χ4v) is 2.84. The molecule has 2 aromatic carbocycles. The number of amides is 1. The van der Waals surface area contributed by atoms with Gasteiger partial charge in [-0.05, 0) is 24.1 Å². The minimum absolute atomic E-state index is 0.0874. The molecule has 1 atom stereocenters. The zero-order valence-electron chi connectivity index (χ0n) is 15.0. The zero-order valence-corrected chi connectivity index (χ0v) is 15.0. The Morgan fingerprint density at radius 2 is 1.81 bits per heavy atom. The van der Waals surface area contributed by atoms with E-state index in [1.807, 2.05) is 30.3 Å². The molecule has 0 saturated heterocycles. The van der Waals surface area contributed by atoms with Gasteiger partial charge in [0.25, 0.3) is 0 Å². The molecule has 4 nitrogen and oxygen atoms in total. The molecule has 138 valence electrons. The van der Waals surface area contributed by atoms with Crippen LogP contribution >= 0.6 is 0 Å². The van der Waals surface area contributed by atoms with Gasteiger partial charge in [-0.25, -0.2) is 4.39 Å². The molecule has 0 aliphatic carbocycles. The number of carbonyl (C=O) groups is 2. The fraction of sp³-hybridized carbons (Fsp3) is 0.333. The monoisotopic (exact) mass is 356 g/mol. The molecule has 0 aromatic heterocycles. The Balaban J connectivity index is 1.96. The zero-order chi connectivity index (χ0) is 18.9. The molecule has 0 fully saturated rings. The molecule has 2 N–H and O–H groups in total. The molecule has 1 unspecified atom stereocenters. The molecule has 1 amide bonds. The normalized spacial score (nSPS) is 11.8. The van der Waals surface area contributed by atoms with E-state index in [0.29, 0.717) is 25.2 Å².